The highest BCUT2D eigenvalue weighted by Crippen LogP contribution is 2.37. The Bertz CT molecular complexity index is 1180. The molecule has 0 saturated carbocycles. The van der Waals surface area contributed by atoms with Crippen molar-refractivity contribution in [2.24, 2.45) is 0 Å². The number of phenolic OH excluding ortho intramolecular Hbond substituents is 1. The summed E-state index contributed by atoms with van der Waals surface area (Å²) in [7, 11) is 0. The fourth-order valence-corrected chi connectivity index (χ4v) is 5.66. The molecule has 0 radical (unpaired) electrons. The largest absolute Gasteiger partial charge is 0.508 e. The van der Waals surface area contributed by atoms with Gasteiger partial charge in [0.15, 0.2) is 0 Å². The number of aromatic hydroxyl groups is 1. The lowest BCUT2D eigenvalue weighted by molar-refractivity contribution is 0.0570. The first-order valence-corrected chi connectivity index (χ1v) is 16.9. The van der Waals surface area contributed by atoms with Gasteiger partial charge in [0, 0.05) is 0 Å². The van der Waals surface area contributed by atoms with E-state index in [4.69, 9.17) is 4.74 Å². The fraction of sp³-hybridized carbons (Fsp3) is 0.561. The van der Waals surface area contributed by atoms with Gasteiger partial charge in [-0.3, -0.25) is 0 Å². The molecule has 0 fully saturated rings. The van der Waals surface area contributed by atoms with Crippen LogP contribution in [-0.4, -0.2) is 10.7 Å². The lowest BCUT2D eigenvalue weighted by atomic mass is 9.88. The molecule has 2 heteroatoms. The highest BCUT2D eigenvalue weighted by atomic mass is 16.5. The van der Waals surface area contributed by atoms with Crippen LogP contribution in [0.5, 0.6) is 11.5 Å². The molecule has 1 N–H and O–H groups in total. The average Bonchev–Trinajstić information content (AvgIpc) is 2.93. The van der Waals surface area contributed by atoms with Crippen LogP contribution in [0.2, 0.25) is 0 Å². The topological polar surface area (TPSA) is 29.5 Å². The molecule has 2 rings (SSSR count). The predicted molar refractivity (Wildman–Crippen MR) is 189 cm³/mol. The van der Waals surface area contributed by atoms with Crippen molar-refractivity contribution in [3.63, 3.8) is 0 Å². The van der Waals surface area contributed by atoms with E-state index in [1.807, 2.05) is 12.1 Å². The zero-order valence-electron chi connectivity index (χ0n) is 29.0. The van der Waals surface area contributed by atoms with E-state index in [9.17, 15) is 5.11 Å². The molecule has 1 unspecified atom stereocenters. The van der Waals surface area contributed by atoms with E-state index in [0.717, 1.165) is 75.5 Å². The normalized spacial score (nSPS) is 18.4. The van der Waals surface area contributed by atoms with E-state index in [-0.39, 0.29) is 5.60 Å². The van der Waals surface area contributed by atoms with Crippen LogP contribution >= 0.6 is 0 Å². The number of allylic oxidation sites excluding steroid dienone is 12. The number of hydrogen-bond donors (Lipinski definition) is 1. The SMILES string of the molecule is CC(C)=CCCC(C)=CCCC(C)=CCCC(C)=CCCC(C)=CCCC(C)=CCCC1(C)CCc2cc(O)ccc2O1. The maximum absolute atomic E-state index is 9.72. The quantitative estimate of drug-likeness (QED) is 0.173. The summed E-state index contributed by atoms with van der Waals surface area (Å²) in [6.45, 7) is 18.0. The molecular weight excluding hydrogens is 524 g/mol. The summed E-state index contributed by atoms with van der Waals surface area (Å²) in [5, 5.41) is 9.72. The predicted octanol–water partition coefficient (Wildman–Crippen LogP) is 12.9. The number of hydrogen-bond acceptors (Lipinski definition) is 2. The summed E-state index contributed by atoms with van der Waals surface area (Å²) in [5.41, 5.74) is 9.95. The smallest absolute Gasteiger partial charge is 0.123 e. The highest BCUT2D eigenvalue weighted by molar-refractivity contribution is 5.41. The van der Waals surface area contributed by atoms with Crippen molar-refractivity contribution >= 4 is 0 Å². The molecule has 238 valence electrons. The van der Waals surface area contributed by atoms with Gasteiger partial charge in [-0.1, -0.05) is 69.9 Å². The van der Waals surface area contributed by atoms with Crippen LogP contribution in [0.15, 0.2) is 88.1 Å². The molecule has 0 aromatic heterocycles. The molecule has 1 heterocycles. The summed E-state index contributed by atoms with van der Waals surface area (Å²) in [4.78, 5) is 0. The molecule has 0 aliphatic carbocycles. The lowest BCUT2D eigenvalue weighted by Gasteiger charge is -2.35. The zero-order chi connectivity index (χ0) is 31.7. The van der Waals surface area contributed by atoms with Crippen molar-refractivity contribution < 1.29 is 9.84 Å². The summed E-state index contributed by atoms with van der Waals surface area (Å²) < 4.78 is 6.33. The second kappa shape index (κ2) is 19.5. The standard InChI is InChI=1S/C41H62O2/c1-32(2)15-9-16-33(3)17-10-18-34(4)19-11-20-35(5)21-12-22-36(6)23-13-24-37(7)25-14-29-41(8)30-28-38-31-39(42)26-27-40(38)43-41/h15,17,19,21,23,25-27,31,42H,9-14,16,18,20,22,24,28-30H2,1-8H3. The van der Waals surface area contributed by atoms with Gasteiger partial charge in [-0.15, -0.1) is 0 Å². The van der Waals surface area contributed by atoms with Crippen molar-refractivity contribution in [1.29, 1.82) is 0 Å². The highest BCUT2D eigenvalue weighted by Gasteiger charge is 2.30. The monoisotopic (exact) mass is 586 g/mol. The van der Waals surface area contributed by atoms with Crippen molar-refractivity contribution in [3.05, 3.63) is 93.7 Å². The van der Waals surface area contributed by atoms with E-state index >= 15 is 0 Å². The van der Waals surface area contributed by atoms with Gasteiger partial charge in [0.2, 0.25) is 0 Å². The molecule has 0 bridgehead atoms. The molecule has 0 saturated heterocycles. The average molecular weight is 587 g/mol. The van der Waals surface area contributed by atoms with E-state index < -0.39 is 0 Å². The summed E-state index contributed by atoms with van der Waals surface area (Å²) in [6, 6.07) is 5.46. The van der Waals surface area contributed by atoms with E-state index in [2.05, 4.69) is 91.8 Å². The molecule has 1 aromatic carbocycles. The Labute approximate surface area is 265 Å². The van der Waals surface area contributed by atoms with Crippen LogP contribution in [0.4, 0.5) is 0 Å². The molecule has 43 heavy (non-hydrogen) atoms. The van der Waals surface area contributed by atoms with Gasteiger partial charge in [-0.25, -0.2) is 0 Å². The third-order valence-corrected chi connectivity index (χ3v) is 8.71. The van der Waals surface area contributed by atoms with Gasteiger partial charge in [-0.2, -0.15) is 0 Å². The molecule has 1 aliphatic heterocycles. The van der Waals surface area contributed by atoms with E-state index in [0.29, 0.717) is 5.75 Å². The maximum Gasteiger partial charge on any atom is 0.123 e. The maximum atomic E-state index is 9.72. The molecule has 2 nitrogen and oxygen atoms in total. The molecular formula is C41H62O2. The number of rotatable bonds is 18. The van der Waals surface area contributed by atoms with Gasteiger partial charge < -0.3 is 9.84 Å². The zero-order valence-corrected chi connectivity index (χ0v) is 29.0. The van der Waals surface area contributed by atoms with Crippen molar-refractivity contribution in [2.75, 3.05) is 0 Å². The molecule has 1 atom stereocenters. The Morgan fingerprint density at radius 1 is 0.651 bits per heavy atom. The van der Waals surface area contributed by atoms with Crippen molar-refractivity contribution in [2.45, 2.75) is 151 Å². The van der Waals surface area contributed by atoms with Crippen LogP contribution in [0, 0.1) is 0 Å². The Morgan fingerprint density at radius 2 is 1.07 bits per heavy atom. The first-order chi connectivity index (χ1) is 20.5. The van der Waals surface area contributed by atoms with Gasteiger partial charge >= 0.3 is 0 Å². The molecule has 1 aromatic rings. The lowest BCUT2D eigenvalue weighted by Crippen LogP contribution is -2.36. The van der Waals surface area contributed by atoms with Gasteiger partial charge in [-0.05, 0) is 169 Å². The molecule has 0 amide bonds. The first kappa shape index (κ1) is 36.5. The van der Waals surface area contributed by atoms with Gasteiger partial charge in [0.1, 0.15) is 17.1 Å². The number of phenols is 1. The van der Waals surface area contributed by atoms with E-state index in [1.165, 1.54) is 59.1 Å². The number of benzene rings is 1. The minimum Gasteiger partial charge on any atom is -0.508 e. The van der Waals surface area contributed by atoms with Gasteiger partial charge in [0.05, 0.1) is 0 Å². The third-order valence-electron chi connectivity index (χ3n) is 8.71. The van der Waals surface area contributed by atoms with Gasteiger partial charge in [0.25, 0.3) is 0 Å². The molecule has 1 aliphatic rings. The Kier molecular flexibility index (Phi) is 16.5. The first-order valence-electron chi connectivity index (χ1n) is 16.9. The Morgan fingerprint density at radius 3 is 1.51 bits per heavy atom. The Balaban J connectivity index is 1.60. The second-order valence-electron chi connectivity index (χ2n) is 13.6. The fourth-order valence-electron chi connectivity index (χ4n) is 5.66. The number of fused-ring (bicyclic) bond motifs is 1. The Hall–Kier alpha value is -2.74. The number of aryl methyl sites for hydroxylation is 1. The number of ether oxygens (including phenoxy) is 1. The minimum absolute atomic E-state index is 0.125. The second-order valence-corrected chi connectivity index (χ2v) is 13.6. The van der Waals surface area contributed by atoms with Crippen LogP contribution in [-0.2, 0) is 6.42 Å². The molecule has 0 spiro atoms. The van der Waals surface area contributed by atoms with Crippen LogP contribution in [0.3, 0.4) is 0 Å². The summed E-state index contributed by atoms with van der Waals surface area (Å²) in [6.07, 6.45) is 30.1. The van der Waals surface area contributed by atoms with Crippen molar-refractivity contribution in [1.82, 2.24) is 0 Å². The third kappa shape index (κ3) is 16.1. The van der Waals surface area contributed by atoms with Crippen LogP contribution in [0.25, 0.3) is 0 Å². The van der Waals surface area contributed by atoms with E-state index in [1.54, 1.807) is 6.07 Å². The van der Waals surface area contributed by atoms with Crippen molar-refractivity contribution in [3.8, 4) is 11.5 Å². The summed E-state index contributed by atoms with van der Waals surface area (Å²) in [5.74, 6) is 1.26. The minimum atomic E-state index is -0.125. The van der Waals surface area contributed by atoms with Crippen LogP contribution < -0.4 is 4.74 Å². The van der Waals surface area contributed by atoms with Crippen LogP contribution in [0.1, 0.15) is 144 Å². The summed E-state index contributed by atoms with van der Waals surface area (Å²) >= 11 is 0.